The van der Waals surface area contributed by atoms with E-state index in [1.54, 1.807) is 18.9 Å². The van der Waals surface area contributed by atoms with E-state index in [0.29, 0.717) is 16.8 Å². The van der Waals surface area contributed by atoms with E-state index >= 15 is 0 Å². The molecule has 1 N–H and O–H groups in total. The smallest absolute Gasteiger partial charge is 0.263 e. The first-order chi connectivity index (χ1) is 8.95. The maximum Gasteiger partial charge on any atom is 0.263 e. The van der Waals surface area contributed by atoms with Crippen LogP contribution in [0.15, 0.2) is 22.7 Å². The van der Waals surface area contributed by atoms with E-state index in [1.807, 2.05) is 7.05 Å². The zero-order valence-electron chi connectivity index (χ0n) is 11.2. The molecule has 6 heteroatoms. The van der Waals surface area contributed by atoms with Gasteiger partial charge in [0.2, 0.25) is 0 Å². The lowest BCUT2D eigenvalue weighted by Gasteiger charge is -2.22. The third kappa shape index (κ3) is 4.80. The number of carbonyl (C=O) groups is 1. The standard InChI is InChI=1S/C13H18BrFN2O2/c1-9(13(18)17(3)7-6-16-2)19-12-5-4-10(15)8-11(12)14/h4-5,8-9,16H,6-7H2,1-3H3. The molecule has 106 valence electrons. The van der Waals surface area contributed by atoms with Crippen LogP contribution in [0, 0.1) is 5.82 Å². The van der Waals surface area contributed by atoms with Crippen LogP contribution >= 0.6 is 15.9 Å². The van der Waals surface area contributed by atoms with Crippen LogP contribution in [-0.4, -0.2) is 44.1 Å². The lowest BCUT2D eigenvalue weighted by atomic mass is 10.3. The molecule has 1 amide bonds. The summed E-state index contributed by atoms with van der Waals surface area (Å²) in [4.78, 5) is 13.6. The molecule has 1 atom stereocenters. The van der Waals surface area contributed by atoms with E-state index in [1.165, 1.54) is 18.2 Å². The number of hydrogen-bond acceptors (Lipinski definition) is 3. The van der Waals surface area contributed by atoms with Crippen LogP contribution in [0.2, 0.25) is 0 Å². The van der Waals surface area contributed by atoms with Gasteiger partial charge in [0, 0.05) is 20.1 Å². The van der Waals surface area contributed by atoms with Crippen molar-refractivity contribution < 1.29 is 13.9 Å². The van der Waals surface area contributed by atoms with Crippen LogP contribution < -0.4 is 10.1 Å². The zero-order chi connectivity index (χ0) is 14.4. The second-order valence-corrected chi connectivity index (χ2v) is 5.05. The Morgan fingerprint density at radius 1 is 1.58 bits per heavy atom. The van der Waals surface area contributed by atoms with Gasteiger partial charge in [0.15, 0.2) is 6.10 Å². The largest absolute Gasteiger partial charge is 0.480 e. The van der Waals surface area contributed by atoms with Crippen LogP contribution in [0.25, 0.3) is 0 Å². The molecule has 1 rings (SSSR count). The van der Waals surface area contributed by atoms with Gasteiger partial charge in [-0.2, -0.15) is 0 Å². The fourth-order valence-electron chi connectivity index (χ4n) is 1.51. The molecule has 1 aromatic rings. The molecule has 0 aromatic heterocycles. The van der Waals surface area contributed by atoms with Gasteiger partial charge in [0.1, 0.15) is 11.6 Å². The number of halogens is 2. The summed E-state index contributed by atoms with van der Waals surface area (Å²) in [7, 11) is 3.55. The van der Waals surface area contributed by atoms with Gasteiger partial charge in [-0.25, -0.2) is 4.39 Å². The number of nitrogens with zero attached hydrogens (tertiary/aromatic N) is 1. The number of rotatable bonds is 6. The van der Waals surface area contributed by atoms with E-state index < -0.39 is 6.10 Å². The highest BCUT2D eigenvalue weighted by Crippen LogP contribution is 2.26. The van der Waals surface area contributed by atoms with Gasteiger partial charge >= 0.3 is 0 Å². The van der Waals surface area contributed by atoms with Crippen molar-refractivity contribution in [3.8, 4) is 5.75 Å². The molecule has 0 fully saturated rings. The molecule has 1 unspecified atom stereocenters. The molecule has 0 heterocycles. The second-order valence-electron chi connectivity index (χ2n) is 4.20. The second kappa shape index (κ2) is 7.45. The summed E-state index contributed by atoms with van der Waals surface area (Å²) in [5.74, 6) is -0.0277. The maximum absolute atomic E-state index is 12.9. The number of hydrogen-bond donors (Lipinski definition) is 1. The van der Waals surface area contributed by atoms with Gasteiger partial charge in [0.05, 0.1) is 4.47 Å². The fourth-order valence-corrected chi connectivity index (χ4v) is 1.96. The Bertz CT molecular complexity index is 443. The minimum Gasteiger partial charge on any atom is -0.480 e. The highest BCUT2D eigenvalue weighted by atomic mass is 79.9. The summed E-state index contributed by atoms with van der Waals surface area (Å²) in [5.41, 5.74) is 0. The first kappa shape index (κ1) is 15.9. The molecule has 0 spiro atoms. The van der Waals surface area contributed by atoms with Gasteiger partial charge in [0.25, 0.3) is 5.91 Å². The van der Waals surface area contributed by atoms with Crippen molar-refractivity contribution in [3.05, 3.63) is 28.5 Å². The SMILES string of the molecule is CNCCN(C)C(=O)C(C)Oc1ccc(F)cc1Br. The third-order valence-corrected chi connectivity index (χ3v) is 3.24. The monoisotopic (exact) mass is 332 g/mol. The van der Waals surface area contributed by atoms with Crippen molar-refractivity contribution in [1.29, 1.82) is 0 Å². The predicted molar refractivity (Wildman–Crippen MR) is 75.8 cm³/mol. The Morgan fingerprint density at radius 3 is 2.84 bits per heavy atom. The molecular formula is C13H18BrFN2O2. The van der Waals surface area contributed by atoms with Crippen LogP contribution in [0.5, 0.6) is 5.75 Å². The van der Waals surface area contributed by atoms with Crippen LogP contribution in [0.4, 0.5) is 4.39 Å². The van der Waals surface area contributed by atoms with Gasteiger partial charge in [-0.15, -0.1) is 0 Å². The molecule has 4 nitrogen and oxygen atoms in total. The molecule has 0 radical (unpaired) electrons. The van der Waals surface area contributed by atoms with Crippen molar-refractivity contribution in [2.24, 2.45) is 0 Å². The molecular weight excluding hydrogens is 315 g/mol. The average molecular weight is 333 g/mol. The summed E-state index contributed by atoms with van der Waals surface area (Å²) in [6.45, 7) is 3.00. The number of carbonyl (C=O) groups excluding carboxylic acids is 1. The van der Waals surface area contributed by atoms with Gasteiger partial charge in [-0.1, -0.05) is 0 Å². The third-order valence-electron chi connectivity index (χ3n) is 2.62. The summed E-state index contributed by atoms with van der Waals surface area (Å²) >= 11 is 3.20. The van der Waals surface area contributed by atoms with E-state index in [-0.39, 0.29) is 11.7 Å². The molecule has 1 aromatic carbocycles. The molecule has 0 aliphatic rings. The topological polar surface area (TPSA) is 41.6 Å². The summed E-state index contributed by atoms with van der Waals surface area (Å²) in [6.07, 6.45) is -0.622. The van der Waals surface area contributed by atoms with Crippen LogP contribution in [0.1, 0.15) is 6.92 Å². The summed E-state index contributed by atoms with van der Waals surface area (Å²) < 4.78 is 19.0. The number of amides is 1. The van der Waals surface area contributed by atoms with Gasteiger partial charge in [-0.05, 0) is 48.1 Å². The first-order valence-electron chi connectivity index (χ1n) is 5.97. The quantitative estimate of drug-likeness (QED) is 0.866. The number of nitrogens with one attached hydrogen (secondary N) is 1. The Labute approximate surface area is 121 Å². The molecule has 0 aliphatic carbocycles. The van der Waals surface area contributed by atoms with Crippen molar-refractivity contribution in [2.45, 2.75) is 13.0 Å². The molecule has 0 aliphatic heterocycles. The highest BCUT2D eigenvalue weighted by Gasteiger charge is 2.19. The van der Waals surface area contributed by atoms with E-state index in [2.05, 4.69) is 21.2 Å². The molecule has 0 saturated carbocycles. The Morgan fingerprint density at radius 2 is 2.26 bits per heavy atom. The average Bonchev–Trinajstić information content (AvgIpc) is 2.38. The number of benzene rings is 1. The normalized spacial score (nSPS) is 12.1. The van der Waals surface area contributed by atoms with E-state index in [9.17, 15) is 9.18 Å². The fraction of sp³-hybridized carbons (Fsp3) is 0.462. The maximum atomic E-state index is 12.9. The molecule has 0 saturated heterocycles. The summed E-state index contributed by atoms with van der Waals surface area (Å²) in [6, 6.07) is 4.09. The van der Waals surface area contributed by atoms with Crippen LogP contribution in [-0.2, 0) is 4.79 Å². The predicted octanol–water partition coefficient (Wildman–Crippen LogP) is 2.03. The van der Waals surface area contributed by atoms with Gasteiger partial charge in [-0.3, -0.25) is 4.79 Å². The molecule has 0 bridgehead atoms. The zero-order valence-corrected chi connectivity index (χ0v) is 12.8. The lowest BCUT2D eigenvalue weighted by Crippen LogP contribution is -2.40. The molecule has 19 heavy (non-hydrogen) atoms. The minimum atomic E-state index is -0.622. The van der Waals surface area contributed by atoms with E-state index in [4.69, 9.17) is 4.74 Å². The van der Waals surface area contributed by atoms with Crippen molar-refractivity contribution in [3.63, 3.8) is 0 Å². The number of likely N-dealkylation sites (N-methyl/N-ethyl adjacent to an activating group) is 2. The van der Waals surface area contributed by atoms with Crippen molar-refractivity contribution >= 4 is 21.8 Å². The Hall–Kier alpha value is -1.14. The minimum absolute atomic E-state index is 0.119. The van der Waals surface area contributed by atoms with Crippen molar-refractivity contribution in [1.82, 2.24) is 10.2 Å². The Balaban J connectivity index is 2.63. The van der Waals surface area contributed by atoms with Gasteiger partial charge < -0.3 is 15.0 Å². The highest BCUT2D eigenvalue weighted by molar-refractivity contribution is 9.10. The first-order valence-corrected chi connectivity index (χ1v) is 6.76. The van der Waals surface area contributed by atoms with E-state index in [0.717, 1.165) is 6.54 Å². The lowest BCUT2D eigenvalue weighted by molar-refractivity contribution is -0.136. The van der Waals surface area contributed by atoms with Crippen LogP contribution in [0.3, 0.4) is 0 Å². The summed E-state index contributed by atoms with van der Waals surface area (Å²) in [5, 5.41) is 2.97. The Kier molecular flexibility index (Phi) is 6.24. The van der Waals surface area contributed by atoms with Crippen molar-refractivity contribution in [2.75, 3.05) is 27.2 Å². The number of ether oxygens (including phenoxy) is 1.